The van der Waals surface area contributed by atoms with Gasteiger partial charge in [-0.3, -0.25) is 9.89 Å². The summed E-state index contributed by atoms with van der Waals surface area (Å²) >= 11 is 0. The molecule has 2 rings (SSSR count). The lowest BCUT2D eigenvalue weighted by Gasteiger charge is -2.45. The summed E-state index contributed by atoms with van der Waals surface area (Å²) in [7, 11) is 1.86. The zero-order valence-electron chi connectivity index (χ0n) is 14.5. The van der Waals surface area contributed by atoms with E-state index >= 15 is 0 Å². The van der Waals surface area contributed by atoms with E-state index in [1.54, 1.807) is 0 Å². The van der Waals surface area contributed by atoms with E-state index in [1.165, 1.54) is 45.2 Å². The van der Waals surface area contributed by atoms with Crippen molar-refractivity contribution in [1.82, 2.24) is 15.5 Å². The molecule has 0 aromatic rings. The van der Waals surface area contributed by atoms with Crippen molar-refractivity contribution in [2.24, 2.45) is 4.99 Å². The first-order chi connectivity index (χ1) is 10.8. The van der Waals surface area contributed by atoms with Crippen LogP contribution in [-0.2, 0) is 4.74 Å². The second-order valence-electron chi connectivity index (χ2n) is 6.59. The summed E-state index contributed by atoms with van der Waals surface area (Å²) in [5.41, 5.74) is 0.260. The van der Waals surface area contributed by atoms with Gasteiger partial charge in [0.2, 0.25) is 0 Å². The van der Waals surface area contributed by atoms with Gasteiger partial charge >= 0.3 is 0 Å². The van der Waals surface area contributed by atoms with Gasteiger partial charge in [0.25, 0.3) is 0 Å². The number of nitrogens with zero attached hydrogens (tertiary/aromatic N) is 2. The average molecular weight is 310 g/mol. The third kappa shape index (κ3) is 4.85. The quantitative estimate of drug-likeness (QED) is 0.429. The normalized spacial score (nSPS) is 22.7. The second-order valence-corrected chi connectivity index (χ2v) is 6.59. The fraction of sp³-hybridized carbons (Fsp3) is 0.941. The molecule has 2 aliphatic heterocycles. The van der Waals surface area contributed by atoms with Gasteiger partial charge in [-0.25, -0.2) is 0 Å². The number of aliphatic imine (C=N–C) groups is 1. The summed E-state index contributed by atoms with van der Waals surface area (Å²) in [6.07, 6.45) is 8.69. The fourth-order valence-corrected chi connectivity index (χ4v) is 3.60. The van der Waals surface area contributed by atoms with Crippen LogP contribution in [0.25, 0.3) is 0 Å². The minimum absolute atomic E-state index is 0.260. The van der Waals surface area contributed by atoms with Gasteiger partial charge < -0.3 is 15.4 Å². The van der Waals surface area contributed by atoms with Crippen molar-refractivity contribution in [2.45, 2.75) is 57.4 Å². The standard InChI is InChI=1S/C17H34N4O/c1-3-4-5-10-19-16(18-2)20-15-17(8-13-22-14-9-17)21-11-6-7-12-21/h3-15H2,1-2H3,(H2,18,19,20). The molecule has 0 aromatic heterocycles. The molecule has 0 saturated carbocycles. The van der Waals surface area contributed by atoms with Gasteiger partial charge in [-0.1, -0.05) is 19.8 Å². The molecule has 0 aromatic carbocycles. The first-order valence-corrected chi connectivity index (χ1v) is 9.08. The Hall–Kier alpha value is -0.810. The molecule has 5 heteroatoms. The van der Waals surface area contributed by atoms with Gasteiger partial charge in [-0.05, 0) is 45.2 Å². The van der Waals surface area contributed by atoms with Crippen molar-refractivity contribution < 1.29 is 4.74 Å². The third-order valence-corrected chi connectivity index (χ3v) is 5.08. The van der Waals surface area contributed by atoms with E-state index in [1.807, 2.05) is 7.05 Å². The van der Waals surface area contributed by atoms with Crippen LogP contribution < -0.4 is 10.6 Å². The van der Waals surface area contributed by atoms with Crippen LogP contribution in [-0.4, -0.2) is 62.8 Å². The van der Waals surface area contributed by atoms with Crippen LogP contribution in [0.2, 0.25) is 0 Å². The van der Waals surface area contributed by atoms with Gasteiger partial charge in [0.1, 0.15) is 0 Å². The zero-order chi connectivity index (χ0) is 15.7. The Morgan fingerprint density at radius 2 is 1.86 bits per heavy atom. The summed E-state index contributed by atoms with van der Waals surface area (Å²) in [5.74, 6) is 0.946. The monoisotopic (exact) mass is 310 g/mol. The van der Waals surface area contributed by atoms with Crippen molar-refractivity contribution in [3.05, 3.63) is 0 Å². The Labute approximate surface area is 135 Å². The number of rotatable bonds is 7. The Bertz CT molecular complexity index is 334. The Balaban J connectivity index is 1.84. The molecule has 0 unspecified atom stereocenters. The molecule has 2 saturated heterocycles. The summed E-state index contributed by atoms with van der Waals surface area (Å²) in [6.45, 7) is 8.48. The van der Waals surface area contributed by atoms with Crippen LogP contribution in [0.5, 0.6) is 0 Å². The van der Waals surface area contributed by atoms with E-state index in [0.29, 0.717) is 0 Å². The number of ether oxygens (including phenoxy) is 1. The largest absolute Gasteiger partial charge is 0.381 e. The van der Waals surface area contributed by atoms with E-state index in [9.17, 15) is 0 Å². The molecule has 0 amide bonds. The van der Waals surface area contributed by atoms with Crippen LogP contribution in [0.3, 0.4) is 0 Å². The Kier molecular flexibility index (Phi) is 7.46. The molecule has 0 bridgehead atoms. The highest BCUT2D eigenvalue weighted by Gasteiger charge is 2.39. The summed E-state index contributed by atoms with van der Waals surface area (Å²) < 4.78 is 5.61. The van der Waals surface area contributed by atoms with E-state index in [-0.39, 0.29) is 5.54 Å². The minimum Gasteiger partial charge on any atom is -0.381 e. The number of hydrogen-bond donors (Lipinski definition) is 2. The van der Waals surface area contributed by atoms with Crippen LogP contribution in [0.15, 0.2) is 4.99 Å². The van der Waals surface area contributed by atoms with Crippen molar-refractivity contribution >= 4 is 5.96 Å². The molecule has 5 nitrogen and oxygen atoms in total. The summed E-state index contributed by atoms with van der Waals surface area (Å²) in [5, 5.41) is 7.02. The molecule has 0 radical (unpaired) electrons. The maximum Gasteiger partial charge on any atom is 0.191 e. The lowest BCUT2D eigenvalue weighted by molar-refractivity contribution is -0.0164. The summed E-state index contributed by atoms with van der Waals surface area (Å²) in [4.78, 5) is 7.06. The first-order valence-electron chi connectivity index (χ1n) is 9.08. The van der Waals surface area contributed by atoms with E-state index in [4.69, 9.17) is 4.74 Å². The van der Waals surface area contributed by atoms with Gasteiger partial charge in [0.15, 0.2) is 5.96 Å². The van der Waals surface area contributed by atoms with Gasteiger partial charge in [-0.15, -0.1) is 0 Å². The van der Waals surface area contributed by atoms with Crippen LogP contribution in [0, 0.1) is 0 Å². The number of hydrogen-bond acceptors (Lipinski definition) is 3. The molecule has 2 N–H and O–H groups in total. The molecule has 0 aliphatic carbocycles. The SMILES string of the molecule is CCCCCNC(=NC)NCC1(N2CCCC2)CCOCC1. The van der Waals surface area contributed by atoms with Gasteiger partial charge in [0, 0.05) is 38.9 Å². The second kappa shape index (κ2) is 9.36. The van der Waals surface area contributed by atoms with Crippen LogP contribution in [0.1, 0.15) is 51.9 Å². The molecular weight excluding hydrogens is 276 g/mol. The highest BCUT2D eigenvalue weighted by Crippen LogP contribution is 2.30. The predicted octanol–water partition coefficient (Wildman–Crippen LogP) is 1.99. The van der Waals surface area contributed by atoms with Crippen LogP contribution >= 0.6 is 0 Å². The third-order valence-electron chi connectivity index (χ3n) is 5.08. The molecule has 128 valence electrons. The topological polar surface area (TPSA) is 48.9 Å². The molecule has 0 atom stereocenters. The van der Waals surface area contributed by atoms with Crippen molar-refractivity contribution in [2.75, 3.05) is 46.4 Å². The maximum absolute atomic E-state index is 5.61. The number of likely N-dealkylation sites (tertiary alicyclic amines) is 1. The number of unbranched alkanes of at least 4 members (excludes halogenated alkanes) is 2. The predicted molar refractivity (Wildman–Crippen MR) is 92.5 cm³/mol. The van der Waals surface area contributed by atoms with Gasteiger partial charge in [-0.2, -0.15) is 0 Å². The molecule has 2 heterocycles. The van der Waals surface area contributed by atoms with Crippen molar-refractivity contribution in [1.29, 1.82) is 0 Å². The van der Waals surface area contributed by atoms with Gasteiger partial charge in [0.05, 0.1) is 0 Å². The highest BCUT2D eigenvalue weighted by atomic mass is 16.5. The van der Waals surface area contributed by atoms with Crippen LogP contribution in [0.4, 0.5) is 0 Å². The highest BCUT2D eigenvalue weighted by molar-refractivity contribution is 5.79. The van der Waals surface area contributed by atoms with Crippen molar-refractivity contribution in [3.63, 3.8) is 0 Å². The summed E-state index contributed by atoms with van der Waals surface area (Å²) in [6, 6.07) is 0. The van der Waals surface area contributed by atoms with E-state index in [0.717, 1.165) is 45.1 Å². The molecule has 2 aliphatic rings. The lowest BCUT2D eigenvalue weighted by Crippen LogP contribution is -2.58. The smallest absolute Gasteiger partial charge is 0.191 e. The molecular formula is C17H34N4O. The number of nitrogens with one attached hydrogen (secondary N) is 2. The van der Waals surface area contributed by atoms with E-state index < -0.39 is 0 Å². The van der Waals surface area contributed by atoms with Crippen molar-refractivity contribution in [3.8, 4) is 0 Å². The Morgan fingerprint density at radius 1 is 1.14 bits per heavy atom. The zero-order valence-corrected chi connectivity index (χ0v) is 14.5. The number of guanidine groups is 1. The first kappa shape index (κ1) is 17.5. The molecule has 0 spiro atoms. The lowest BCUT2D eigenvalue weighted by atomic mass is 9.88. The molecule has 2 fully saturated rings. The maximum atomic E-state index is 5.61. The molecule has 22 heavy (non-hydrogen) atoms. The minimum atomic E-state index is 0.260. The van der Waals surface area contributed by atoms with E-state index in [2.05, 4.69) is 27.4 Å². The fourth-order valence-electron chi connectivity index (χ4n) is 3.60. The average Bonchev–Trinajstić information content (AvgIpc) is 3.10. The Morgan fingerprint density at radius 3 is 2.50 bits per heavy atom.